The molecular weight excluding hydrogens is 208 g/mol. The second kappa shape index (κ2) is 6.55. The van der Waals surface area contributed by atoms with Crippen LogP contribution in [0.15, 0.2) is 24.5 Å². The van der Waals surface area contributed by atoms with Crippen LogP contribution >= 0.6 is 0 Å². The summed E-state index contributed by atoms with van der Waals surface area (Å²) in [7, 11) is 0. The van der Waals surface area contributed by atoms with Crippen molar-refractivity contribution in [3.05, 3.63) is 30.1 Å². The Labute approximate surface area is 93.5 Å². The molecule has 1 amide bonds. The quantitative estimate of drug-likeness (QED) is 0.739. The zero-order valence-corrected chi connectivity index (χ0v) is 8.85. The summed E-state index contributed by atoms with van der Waals surface area (Å²) in [4.78, 5) is 25.3. The maximum absolute atomic E-state index is 11.1. The lowest BCUT2D eigenvalue weighted by atomic mass is 10.2. The maximum atomic E-state index is 11.1. The predicted molar refractivity (Wildman–Crippen MR) is 57.8 cm³/mol. The molecule has 0 spiro atoms. The molecule has 0 unspecified atom stereocenters. The van der Waals surface area contributed by atoms with Crippen LogP contribution in [0, 0.1) is 0 Å². The number of hydrogen-bond donors (Lipinski definition) is 2. The van der Waals surface area contributed by atoms with Crippen molar-refractivity contribution >= 4 is 11.9 Å². The van der Waals surface area contributed by atoms with Crippen LogP contribution in [0.4, 0.5) is 0 Å². The van der Waals surface area contributed by atoms with Crippen molar-refractivity contribution in [1.29, 1.82) is 0 Å². The van der Waals surface area contributed by atoms with E-state index in [1.807, 2.05) is 12.1 Å². The molecule has 0 radical (unpaired) electrons. The number of carboxylic acids is 1. The molecule has 0 aromatic carbocycles. The van der Waals surface area contributed by atoms with Gasteiger partial charge in [0.1, 0.15) is 0 Å². The first-order chi connectivity index (χ1) is 7.68. The lowest BCUT2D eigenvalue weighted by Crippen LogP contribution is -2.26. The molecule has 2 N–H and O–H groups in total. The second-order valence-corrected chi connectivity index (χ2v) is 3.35. The summed E-state index contributed by atoms with van der Waals surface area (Å²) >= 11 is 0. The summed E-state index contributed by atoms with van der Waals surface area (Å²) in [6, 6.07) is 3.76. The van der Waals surface area contributed by atoms with Gasteiger partial charge in [0.15, 0.2) is 0 Å². The Hall–Kier alpha value is -1.91. The molecule has 0 saturated carbocycles. The highest BCUT2D eigenvalue weighted by atomic mass is 16.4. The number of carboxylic acid groups (broad SMARTS) is 1. The highest BCUT2D eigenvalue weighted by molar-refractivity contribution is 5.80. The Morgan fingerprint density at radius 3 is 2.81 bits per heavy atom. The molecule has 0 aliphatic rings. The van der Waals surface area contributed by atoms with Gasteiger partial charge < -0.3 is 10.4 Å². The van der Waals surface area contributed by atoms with Crippen LogP contribution in [0.2, 0.25) is 0 Å². The largest absolute Gasteiger partial charge is 0.481 e. The van der Waals surface area contributed by atoms with E-state index in [4.69, 9.17) is 5.11 Å². The first kappa shape index (κ1) is 12.2. The fourth-order valence-corrected chi connectivity index (χ4v) is 1.20. The average Bonchev–Trinajstić information content (AvgIpc) is 2.28. The van der Waals surface area contributed by atoms with Crippen LogP contribution < -0.4 is 5.32 Å². The topological polar surface area (TPSA) is 79.3 Å². The predicted octanol–water partition coefficient (Wildman–Crippen LogP) is 0.605. The molecule has 0 aliphatic carbocycles. The van der Waals surface area contributed by atoms with E-state index in [1.54, 1.807) is 12.4 Å². The number of pyridine rings is 1. The van der Waals surface area contributed by atoms with Crippen LogP contribution in [-0.4, -0.2) is 28.5 Å². The van der Waals surface area contributed by atoms with Gasteiger partial charge in [-0.05, 0) is 18.1 Å². The SMILES string of the molecule is O=C(O)CCC(=O)NCCc1cccnc1. The number of nitrogens with one attached hydrogen (secondary N) is 1. The Balaban J connectivity index is 2.16. The summed E-state index contributed by atoms with van der Waals surface area (Å²) in [5.41, 5.74) is 1.04. The van der Waals surface area contributed by atoms with Gasteiger partial charge in [-0.1, -0.05) is 6.07 Å². The molecule has 5 heteroatoms. The third-order valence-corrected chi connectivity index (χ3v) is 2.02. The van der Waals surface area contributed by atoms with E-state index >= 15 is 0 Å². The van der Waals surface area contributed by atoms with Crippen molar-refractivity contribution in [1.82, 2.24) is 10.3 Å². The standard InChI is InChI=1S/C11H14N2O3/c14-10(3-4-11(15)16)13-7-5-9-2-1-6-12-8-9/h1-2,6,8H,3-5,7H2,(H,13,14)(H,15,16). The van der Waals surface area contributed by atoms with Gasteiger partial charge in [-0.2, -0.15) is 0 Å². The van der Waals surface area contributed by atoms with Crippen molar-refractivity contribution in [3.63, 3.8) is 0 Å². The van der Waals surface area contributed by atoms with Crippen LogP contribution in [0.3, 0.4) is 0 Å². The lowest BCUT2D eigenvalue weighted by molar-refractivity contribution is -0.138. The van der Waals surface area contributed by atoms with Crippen LogP contribution in [0.25, 0.3) is 0 Å². The first-order valence-electron chi connectivity index (χ1n) is 5.06. The van der Waals surface area contributed by atoms with E-state index in [2.05, 4.69) is 10.3 Å². The molecule has 1 aromatic rings. The van der Waals surface area contributed by atoms with Gasteiger partial charge >= 0.3 is 5.97 Å². The molecule has 0 aliphatic heterocycles. The first-order valence-corrected chi connectivity index (χ1v) is 5.06. The summed E-state index contributed by atoms with van der Waals surface area (Å²) < 4.78 is 0. The lowest BCUT2D eigenvalue weighted by Gasteiger charge is -2.03. The molecule has 16 heavy (non-hydrogen) atoms. The van der Waals surface area contributed by atoms with Gasteiger partial charge in [0.05, 0.1) is 6.42 Å². The Morgan fingerprint density at radius 2 is 2.19 bits per heavy atom. The van der Waals surface area contributed by atoms with Gasteiger partial charge in [-0.3, -0.25) is 14.6 Å². The minimum Gasteiger partial charge on any atom is -0.481 e. The minimum absolute atomic E-state index is 0.0301. The smallest absolute Gasteiger partial charge is 0.303 e. The number of hydrogen-bond acceptors (Lipinski definition) is 3. The van der Waals surface area contributed by atoms with Crippen molar-refractivity contribution in [2.45, 2.75) is 19.3 Å². The van der Waals surface area contributed by atoms with Crippen molar-refractivity contribution in [3.8, 4) is 0 Å². The third-order valence-electron chi connectivity index (χ3n) is 2.02. The summed E-state index contributed by atoms with van der Waals surface area (Å²) in [5, 5.41) is 11.0. The molecule has 0 saturated heterocycles. The van der Waals surface area contributed by atoms with E-state index in [1.165, 1.54) is 0 Å². The van der Waals surface area contributed by atoms with Gasteiger partial charge in [0.2, 0.25) is 5.91 Å². The van der Waals surface area contributed by atoms with E-state index in [9.17, 15) is 9.59 Å². The number of nitrogens with zero attached hydrogens (tertiary/aromatic N) is 1. The zero-order chi connectivity index (χ0) is 11.8. The highest BCUT2D eigenvalue weighted by Crippen LogP contribution is 1.96. The zero-order valence-electron chi connectivity index (χ0n) is 8.85. The fraction of sp³-hybridized carbons (Fsp3) is 0.364. The average molecular weight is 222 g/mol. The molecule has 5 nitrogen and oxygen atoms in total. The number of carbonyl (C=O) groups excluding carboxylic acids is 1. The van der Waals surface area contributed by atoms with E-state index < -0.39 is 5.97 Å². The van der Waals surface area contributed by atoms with Gasteiger partial charge in [0, 0.05) is 25.4 Å². The highest BCUT2D eigenvalue weighted by Gasteiger charge is 2.04. The molecule has 0 fully saturated rings. The van der Waals surface area contributed by atoms with Gasteiger partial charge in [-0.25, -0.2) is 0 Å². The Morgan fingerprint density at radius 1 is 1.38 bits per heavy atom. The number of carbonyl (C=O) groups is 2. The molecular formula is C11H14N2O3. The van der Waals surface area contributed by atoms with Crippen molar-refractivity contribution < 1.29 is 14.7 Å². The van der Waals surface area contributed by atoms with E-state index in [0.717, 1.165) is 5.56 Å². The van der Waals surface area contributed by atoms with E-state index in [-0.39, 0.29) is 18.7 Å². The molecule has 1 rings (SSSR count). The third kappa shape index (κ3) is 5.09. The molecule has 86 valence electrons. The molecule has 0 bridgehead atoms. The van der Waals surface area contributed by atoms with Gasteiger partial charge in [-0.15, -0.1) is 0 Å². The summed E-state index contributed by atoms with van der Waals surface area (Å²) in [6.07, 6.45) is 4.03. The number of aliphatic carboxylic acids is 1. The minimum atomic E-state index is -0.956. The summed E-state index contributed by atoms with van der Waals surface area (Å²) in [6.45, 7) is 0.504. The molecule has 1 aromatic heterocycles. The number of aromatic nitrogens is 1. The van der Waals surface area contributed by atoms with Crippen molar-refractivity contribution in [2.75, 3.05) is 6.54 Å². The summed E-state index contributed by atoms with van der Waals surface area (Å²) in [5.74, 6) is -1.19. The van der Waals surface area contributed by atoms with Gasteiger partial charge in [0.25, 0.3) is 0 Å². The number of amides is 1. The molecule has 0 atom stereocenters. The maximum Gasteiger partial charge on any atom is 0.303 e. The fourth-order valence-electron chi connectivity index (χ4n) is 1.20. The van der Waals surface area contributed by atoms with Crippen LogP contribution in [0.5, 0.6) is 0 Å². The number of rotatable bonds is 6. The molecule has 1 heterocycles. The van der Waals surface area contributed by atoms with Crippen LogP contribution in [0.1, 0.15) is 18.4 Å². The van der Waals surface area contributed by atoms with E-state index in [0.29, 0.717) is 13.0 Å². The Kier molecular flexibility index (Phi) is 4.98. The Bertz CT molecular complexity index is 352. The monoisotopic (exact) mass is 222 g/mol. The second-order valence-electron chi connectivity index (χ2n) is 3.35. The normalized spacial score (nSPS) is 9.75. The van der Waals surface area contributed by atoms with Crippen LogP contribution in [-0.2, 0) is 16.0 Å². The van der Waals surface area contributed by atoms with Crippen molar-refractivity contribution in [2.24, 2.45) is 0 Å².